The largest absolute Gasteiger partial charge is 0.342 e. The van der Waals surface area contributed by atoms with Crippen molar-refractivity contribution in [2.24, 2.45) is 0 Å². The fourth-order valence-electron chi connectivity index (χ4n) is 2.17. The Hall–Kier alpha value is -1.31. The molecule has 1 aromatic carbocycles. The lowest BCUT2D eigenvalue weighted by atomic mass is 10.1. The van der Waals surface area contributed by atoms with E-state index < -0.39 is 0 Å². The zero-order valence-electron chi connectivity index (χ0n) is 12.6. The fourth-order valence-corrected chi connectivity index (χ4v) is 2.17. The smallest absolute Gasteiger partial charge is 0.226 e. The Morgan fingerprint density at radius 2 is 1.74 bits per heavy atom. The van der Waals surface area contributed by atoms with Crippen molar-refractivity contribution in [2.75, 3.05) is 13.1 Å². The summed E-state index contributed by atoms with van der Waals surface area (Å²) >= 11 is 0. The van der Waals surface area contributed by atoms with Crippen LogP contribution in [0.15, 0.2) is 24.3 Å². The first-order chi connectivity index (χ1) is 9.17. The summed E-state index contributed by atoms with van der Waals surface area (Å²) in [4.78, 5) is 14.4. The molecule has 1 rings (SSSR count). The summed E-state index contributed by atoms with van der Waals surface area (Å²) < 4.78 is 0. The number of benzene rings is 1. The first-order valence-electron chi connectivity index (χ1n) is 7.50. The lowest BCUT2D eigenvalue weighted by Crippen LogP contribution is -2.34. The Kier molecular flexibility index (Phi) is 7.24. The van der Waals surface area contributed by atoms with Crippen LogP contribution >= 0.6 is 0 Å². The maximum Gasteiger partial charge on any atom is 0.226 e. The van der Waals surface area contributed by atoms with Crippen LogP contribution in [0.2, 0.25) is 0 Å². The van der Waals surface area contributed by atoms with Gasteiger partial charge in [-0.3, -0.25) is 4.79 Å². The first kappa shape index (κ1) is 15.7. The molecule has 0 aromatic heterocycles. The molecule has 0 aliphatic rings. The summed E-state index contributed by atoms with van der Waals surface area (Å²) in [6.07, 6.45) is 5.02. The van der Waals surface area contributed by atoms with E-state index in [0.29, 0.717) is 6.42 Å². The minimum atomic E-state index is 0.271. The highest BCUT2D eigenvalue weighted by molar-refractivity contribution is 5.78. The van der Waals surface area contributed by atoms with Crippen molar-refractivity contribution < 1.29 is 4.79 Å². The summed E-state index contributed by atoms with van der Waals surface area (Å²) in [7, 11) is 0. The zero-order valence-corrected chi connectivity index (χ0v) is 12.6. The summed E-state index contributed by atoms with van der Waals surface area (Å²) in [6.45, 7) is 8.22. The Morgan fingerprint density at radius 3 is 2.26 bits per heavy atom. The topological polar surface area (TPSA) is 20.3 Å². The molecular weight excluding hydrogens is 234 g/mol. The van der Waals surface area contributed by atoms with E-state index in [1.807, 2.05) is 17.0 Å². The molecule has 0 saturated heterocycles. The van der Waals surface area contributed by atoms with Gasteiger partial charge >= 0.3 is 0 Å². The second kappa shape index (κ2) is 8.73. The molecule has 19 heavy (non-hydrogen) atoms. The molecule has 1 aromatic rings. The molecule has 0 aliphatic carbocycles. The molecule has 1 amide bonds. The van der Waals surface area contributed by atoms with Crippen molar-refractivity contribution in [3.05, 3.63) is 35.4 Å². The molecule has 0 fully saturated rings. The summed E-state index contributed by atoms with van der Waals surface area (Å²) in [5.41, 5.74) is 2.35. The average Bonchev–Trinajstić information content (AvgIpc) is 2.38. The van der Waals surface area contributed by atoms with Crippen molar-refractivity contribution in [3.8, 4) is 0 Å². The average molecular weight is 261 g/mol. The van der Waals surface area contributed by atoms with Crippen LogP contribution in [0.5, 0.6) is 0 Å². The Balaban J connectivity index is 2.59. The van der Waals surface area contributed by atoms with Crippen molar-refractivity contribution in [1.29, 1.82) is 0 Å². The predicted molar refractivity (Wildman–Crippen MR) is 81.3 cm³/mol. The third-order valence-electron chi connectivity index (χ3n) is 3.35. The fraction of sp³-hybridized carbons (Fsp3) is 0.588. The monoisotopic (exact) mass is 261 g/mol. The van der Waals surface area contributed by atoms with Crippen molar-refractivity contribution in [1.82, 2.24) is 4.90 Å². The van der Waals surface area contributed by atoms with Gasteiger partial charge in [0.25, 0.3) is 0 Å². The number of nitrogens with zero attached hydrogens (tertiary/aromatic N) is 1. The van der Waals surface area contributed by atoms with Crippen molar-refractivity contribution in [2.45, 2.75) is 52.9 Å². The van der Waals surface area contributed by atoms with Gasteiger partial charge in [-0.05, 0) is 25.3 Å². The maximum atomic E-state index is 12.4. The lowest BCUT2D eigenvalue weighted by molar-refractivity contribution is -0.130. The molecule has 0 N–H and O–H groups in total. The van der Waals surface area contributed by atoms with Gasteiger partial charge < -0.3 is 4.90 Å². The summed E-state index contributed by atoms with van der Waals surface area (Å²) in [6, 6.07) is 8.25. The highest BCUT2D eigenvalue weighted by Crippen LogP contribution is 2.08. The number of unbranched alkanes of at least 4 members (excludes halogenated alkanes) is 2. The Labute approximate surface area is 117 Å². The molecule has 2 heteroatoms. The molecule has 0 unspecified atom stereocenters. The molecule has 0 spiro atoms. The number of hydrogen-bond donors (Lipinski definition) is 0. The minimum Gasteiger partial charge on any atom is -0.342 e. The molecule has 0 bridgehead atoms. The van der Waals surface area contributed by atoms with Crippen LogP contribution in [-0.4, -0.2) is 23.9 Å². The van der Waals surface area contributed by atoms with E-state index >= 15 is 0 Å². The van der Waals surface area contributed by atoms with Crippen molar-refractivity contribution in [3.63, 3.8) is 0 Å². The third kappa shape index (κ3) is 5.91. The van der Waals surface area contributed by atoms with Crippen LogP contribution in [0.1, 0.15) is 50.7 Å². The van der Waals surface area contributed by atoms with Gasteiger partial charge in [-0.1, -0.05) is 56.5 Å². The van der Waals surface area contributed by atoms with Gasteiger partial charge in [0.1, 0.15) is 0 Å². The van der Waals surface area contributed by atoms with E-state index in [9.17, 15) is 4.79 Å². The van der Waals surface area contributed by atoms with Crippen LogP contribution in [-0.2, 0) is 11.2 Å². The molecule has 2 nitrogen and oxygen atoms in total. The van der Waals surface area contributed by atoms with Crippen LogP contribution in [0.25, 0.3) is 0 Å². The number of aryl methyl sites for hydroxylation is 1. The lowest BCUT2D eigenvalue weighted by Gasteiger charge is -2.22. The van der Waals surface area contributed by atoms with E-state index in [1.165, 1.54) is 5.56 Å². The number of carbonyl (C=O) groups is 1. The molecule has 106 valence electrons. The highest BCUT2D eigenvalue weighted by atomic mass is 16.2. The molecular formula is C17H27NO. The van der Waals surface area contributed by atoms with E-state index in [-0.39, 0.29) is 5.91 Å². The second-order valence-corrected chi connectivity index (χ2v) is 5.25. The number of rotatable bonds is 8. The number of hydrogen-bond acceptors (Lipinski definition) is 1. The SMILES string of the molecule is CCCCN(CCCC)C(=O)Cc1cccc(C)c1. The van der Waals surface area contributed by atoms with Crippen LogP contribution in [0, 0.1) is 6.92 Å². The number of carbonyl (C=O) groups excluding carboxylic acids is 1. The van der Waals surface area contributed by atoms with E-state index in [0.717, 1.165) is 44.3 Å². The van der Waals surface area contributed by atoms with Gasteiger partial charge in [0, 0.05) is 13.1 Å². The molecule has 0 atom stereocenters. The minimum absolute atomic E-state index is 0.271. The van der Waals surface area contributed by atoms with Gasteiger partial charge in [-0.25, -0.2) is 0 Å². The predicted octanol–water partition coefficient (Wildman–Crippen LogP) is 3.97. The van der Waals surface area contributed by atoms with Gasteiger partial charge in [0.15, 0.2) is 0 Å². The first-order valence-corrected chi connectivity index (χ1v) is 7.50. The Morgan fingerprint density at radius 1 is 1.11 bits per heavy atom. The quantitative estimate of drug-likeness (QED) is 0.693. The molecule has 0 radical (unpaired) electrons. The summed E-state index contributed by atoms with van der Waals surface area (Å²) in [5, 5.41) is 0. The highest BCUT2D eigenvalue weighted by Gasteiger charge is 2.12. The van der Waals surface area contributed by atoms with Crippen LogP contribution in [0.4, 0.5) is 0 Å². The van der Waals surface area contributed by atoms with Crippen molar-refractivity contribution >= 4 is 5.91 Å². The van der Waals surface area contributed by atoms with Crippen LogP contribution < -0.4 is 0 Å². The molecule has 0 saturated carbocycles. The second-order valence-electron chi connectivity index (χ2n) is 5.25. The maximum absolute atomic E-state index is 12.4. The molecule has 0 heterocycles. The van der Waals surface area contributed by atoms with Gasteiger partial charge in [0.05, 0.1) is 6.42 Å². The Bertz CT molecular complexity index is 379. The normalized spacial score (nSPS) is 10.5. The third-order valence-corrected chi connectivity index (χ3v) is 3.35. The zero-order chi connectivity index (χ0) is 14.1. The van der Waals surface area contributed by atoms with Gasteiger partial charge in [-0.15, -0.1) is 0 Å². The van der Waals surface area contributed by atoms with Crippen LogP contribution in [0.3, 0.4) is 0 Å². The van der Waals surface area contributed by atoms with E-state index in [1.54, 1.807) is 0 Å². The van der Waals surface area contributed by atoms with E-state index in [2.05, 4.69) is 32.9 Å². The van der Waals surface area contributed by atoms with Gasteiger partial charge in [0.2, 0.25) is 5.91 Å². The number of amides is 1. The standard InChI is InChI=1S/C17H27NO/c1-4-6-11-18(12-7-5-2)17(19)14-16-10-8-9-15(3)13-16/h8-10,13H,4-7,11-12,14H2,1-3H3. The summed E-state index contributed by atoms with van der Waals surface area (Å²) in [5.74, 6) is 0.271. The van der Waals surface area contributed by atoms with Gasteiger partial charge in [-0.2, -0.15) is 0 Å². The van der Waals surface area contributed by atoms with E-state index in [4.69, 9.17) is 0 Å². The molecule has 0 aliphatic heterocycles.